The lowest BCUT2D eigenvalue weighted by Gasteiger charge is -2.12. The molecule has 27 heavy (non-hydrogen) atoms. The van der Waals surface area contributed by atoms with Gasteiger partial charge in [0.2, 0.25) is 0 Å². The van der Waals surface area contributed by atoms with E-state index in [9.17, 15) is 9.18 Å². The van der Waals surface area contributed by atoms with Gasteiger partial charge in [-0.3, -0.25) is 4.79 Å². The highest BCUT2D eigenvalue weighted by atomic mass is 19.1. The van der Waals surface area contributed by atoms with Crippen LogP contribution in [0.25, 0.3) is 0 Å². The van der Waals surface area contributed by atoms with E-state index in [2.05, 4.69) is 5.32 Å². The topological polar surface area (TPSA) is 51.5 Å². The number of aryl methyl sites for hydroxylation is 1. The van der Waals surface area contributed by atoms with E-state index in [-0.39, 0.29) is 30.0 Å². The van der Waals surface area contributed by atoms with Crippen LogP contribution in [0.5, 0.6) is 5.75 Å². The minimum absolute atomic E-state index is 0.0633. The second-order valence-electron chi connectivity index (χ2n) is 6.48. The molecule has 1 amide bonds. The van der Waals surface area contributed by atoms with Gasteiger partial charge in [0.15, 0.2) is 5.76 Å². The van der Waals surface area contributed by atoms with E-state index >= 15 is 0 Å². The number of hydrogen-bond acceptors (Lipinski definition) is 3. The molecule has 1 unspecified atom stereocenters. The molecule has 3 rings (SSSR count). The summed E-state index contributed by atoms with van der Waals surface area (Å²) in [6, 6.07) is 17.4. The first-order valence-electron chi connectivity index (χ1n) is 8.83. The highest BCUT2D eigenvalue weighted by molar-refractivity contribution is 5.91. The van der Waals surface area contributed by atoms with Gasteiger partial charge in [-0.15, -0.1) is 0 Å². The van der Waals surface area contributed by atoms with Crippen LogP contribution in [0.15, 0.2) is 65.1 Å². The third kappa shape index (κ3) is 4.97. The van der Waals surface area contributed by atoms with Crippen LogP contribution in [0.1, 0.15) is 40.3 Å². The van der Waals surface area contributed by atoms with Crippen molar-refractivity contribution < 1.29 is 18.3 Å². The van der Waals surface area contributed by atoms with E-state index in [4.69, 9.17) is 9.15 Å². The number of furan rings is 1. The predicted molar refractivity (Wildman–Crippen MR) is 101 cm³/mol. The van der Waals surface area contributed by atoms with Gasteiger partial charge in [0, 0.05) is 6.54 Å². The Balaban J connectivity index is 1.52. The van der Waals surface area contributed by atoms with E-state index < -0.39 is 0 Å². The Morgan fingerprint density at radius 1 is 1.11 bits per heavy atom. The zero-order chi connectivity index (χ0) is 19.2. The maximum absolute atomic E-state index is 13.0. The standard InChI is InChI=1S/C22H22FNO3/c1-15-5-3-4-6-20(15)26-14-19-11-12-21(27-19)22(25)24-13-16(2)17-7-9-18(23)10-8-17/h3-12,16H,13-14H2,1-2H3,(H,24,25). The van der Waals surface area contributed by atoms with Crippen molar-refractivity contribution in [2.45, 2.75) is 26.4 Å². The van der Waals surface area contributed by atoms with Crippen molar-refractivity contribution in [3.8, 4) is 5.75 Å². The van der Waals surface area contributed by atoms with Crippen molar-refractivity contribution in [1.82, 2.24) is 5.32 Å². The number of carbonyl (C=O) groups excluding carboxylic acids is 1. The molecule has 0 saturated carbocycles. The van der Waals surface area contributed by atoms with E-state index in [0.717, 1.165) is 16.9 Å². The monoisotopic (exact) mass is 367 g/mol. The number of halogens is 1. The summed E-state index contributed by atoms with van der Waals surface area (Å²) in [5.41, 5.74) is 2.00. The van der Waals surface area contributed by atoms with Gasteiger partial charge >= 0.3 is 0 Å². The molecule has 0 fully saturated rings. The number of benzene rings is 2. The fraction of sp³-hybridized carbons (Fsp3) is 0.227. The summed E-state index contributed by atoms with van der Waals surface area (Å²) in [6.07, 6.45) is 0. The zero-order valence-electron chi connectivity index (χ0n) is 15.4. The number of nitrogens with one attached hydrogen (secondary N) is 1. The SMILES string of the molecule is Cc1ccccc1OCc1ccc(C(=O)NCC(C)c2ccc(F)cc2)o1. The van der Waals surface area contributed by atoms with Crippen LogP contribution in [-0.2, 0) is 6.61 Å². The third-order valence-corrected chi connectivity index (χ3v) is 4.36. The number of hydrogen-bond donors (Lipinski definition) is 1. The van der Waals surface area contributed by atoms with Crippen LogP contribution in [-0.4, -0.2) is 12.5 Å². The number of rotatable bonds is 7. The zero-order valence-corrected chi connectivity index (χ0v) is 15.4. The maximum atomic E-state index is 13.0. The second-order valence-corrected chi connectivity index (χ2v) is 6.48. The molecular formula is C22H22FNO3. The molecule has 3 aromatic rings. The molecule has 1 N–H and O–H groups in total. The Morgan fingerprint density at radius 2 is 1.85 bits per heavy atom. The molecule has 0 spiro atoms. The van der Waals surface area contributed by atoms with Gasteiger partial charge in [0.05, 0.1) is 0 Å². The summed E-state index contributed by atoms with van der Waals surface area (Å²) in [5.74, 6) is 1.11. The quantitative estimate of drug-likeness (QED) is 0.650. The summed E-state index contributed by atoms with van der Waals surface area (Å²) in [4.78, 5) is 12.3. The first-order valence-corrected chi connectivity index (χ1v) is 8.83. The molecule has 0 bridgehead atoms. The van der Waals surface area contributed by atoms with Crippen molar-refractivity contribution in [1.29, 1.82) is 0 Å². The molecule has 0 radical (unpaired) electrons. The minimum Gasteiger partial charge on any atom is -0.485 e. The normalized spacial score (nSPS) is 11.8. The van der Waals surface area contributed by atoms with E-state index in [1.54, 1.807) is 24.3 Å². The largest absolute Gasteiger partial charge is 0.485 e. The Bertz CT molecular complexity index is 902. The first-order chi connectivity index (χ1) is 13.0. The molecule has 0 aliphatic heterocycles. The van der Waals surface area contributed by atoms with Gasteiger partial charge in [-0.05, 0) is 54.3 Å². The molecule has 0 aliphatic rings. The van der Waals surface area contributed by atoms with E-state index in [0.29, 0.717) is 12.3 Å². The third-order valence-electron chi connectivity index (χ3n) is 4.36. The molecule has 0 saturated heterocycles. The van der Waals surface area contributed by atoms with Crippen LogP contribution in [0.4, 0.5) is 4.39 Å². The molecule has 140 valence electrons. The summed E-state index contributed by atoms with van der Waals surface area (Å²) >= 11 is 0. The van der Waals surface area contributed by atoms with E-state index in [1.807, 2.05) is 38.1 Å². The molecule has 0 aliphatic carbocycles. The number of amides is 1. The Morgan fingerprint density at radius 3 is 2.59 bits per heavy atom. The van der Waals surface area contributed by atoms with Gasteiger partial charge < -0.3 is 14.5 Å². The molecule has 1 aromatic heterocycles. The first kappa shape index (κ1) is 18.7. The van der Waals surface area contributed by atoms with Gasteiger partial charge in [-0.25, -0.2) is 4.39 Å². The number of carbonyl (C=O) groups is 1. The lowest BCUT2D eigenvalue weighted by atomic mass is 10.0. The Labute approximate surface area is 158 Å². The lowest BCUT2D eigenvalue weighted by Crippen LogP contribution is -2.27. The van der Waals surface area contributed by atoms with Gasteiger partial charge in [0.25, 0.3) is 5.91 Å². The van der Waals surface area contributed by atoms with E-state index in [1.165, 1.54) is 12.1 Å². The number of ether oxygens (including phenoxy) is 1. The molecular weight excluding hydrogens is 345 g/mol. The summed E-state index contributed by atoms with van der Waals surface area (Å²) in [5, 5.41) is 2.84. The van der Waals surface area contributed by atoms with Crippen molar-refractivity contribution in [3.63, 3.8) is 0 Å². The molecule has 1 heterocycles. The molecule has 1 atom stereocenters. The smallest absolute Gasteiger partial charge is 0.287 e. The van der Waals surface area contributed by atoms with Gasteiger partial charge in [-0.1, -0.05) is 37.3 Å². The second kappa shape index (κ2) is 8.54. The number of para-hydroxylation sites is 1. The maximum Gasteiger partial charge on any atom is 0.287 e. The molecule has 4 nitrogen and oxygen atoms in total. The van der Waals surface area contributed by atoms with Crippen molar-refractivity contribution in [2.75, 3.05) is 6.54 Å². The summed E-state index contributed by atoms with van der Waals surface area (Å²) in [6.45, 7) is 4.63. The fourth-order valence-electron chi connectivity index (χ4n) is 2.69. The molecule has 2 aromatic carbocycles. The highest BCUT2D eigenvalue weighted by Gasteiger charge is 2.14. The van der Waals surface area contributed by atoms with Gasteiger partial charge in [-0.2, -0.15) is 0 Å². The summed E-state index contributed by atoms with van der Waals surface area (Å²) < 4.78 is 24.3. The summed E-state index contributed by atoms with van der Waals surface area (Å²) in [7, 11) is 0. The predicted octanol–water partition coefficient (Wildman–Crippen LogP) is 4.84. The van der Waals surface area contributed by atoms with Crippen LogP contribution < -0.4 is 10.1 Å². The highest BCUT2D eigenvalue weighted by Crippen LogP contribution is 2.19. The minimum atomic E-state index is -0.286. The van der Waals surface area contributed by atoms with Crippen LogP contribution in [0.2, 0.25) is 0 Å². The van der Waals surface area contributed by atoms with Gasteiger partial charge in [0.1, 0.15) is 23.9 Å². The van der Waals surface area contributed by atoms with Crippen molar-refractivity contribution >= 4 is 5.91 Å². The Kier molecular flexibility index (Phi) is 5.91. The van der Waals surface area contributed by atoms with Crippen molar-refractivity contribution in [2.24, 2.45) is 0 Å². The Hall–Kier alpha value is -3.08. The van der Waals surface area contributed by atoms with Crippen molar-refractivity contribution in [3.05, 3.63) is 89.1 Å². The van der Waals surface area contributed by atoms with Crippen LogP contribution in [0.3, 0.4) is 0 Å². The molecule has 5 heteroatoms. The fourth-order valence-corrected chi connectivity index (χ4v) is 2.69. The van der Waals surface area contributed by atoms with Crippen LogP contribution in [0, 0.1) is 12.7 Å². The van der Waals surface area contributed by atoms with Crippen LogP contribution >= 0.6 is 0 Å². The lowest BCUT2D eigenvalue weighted by molar-refractivity contribution is 0.0920. The average molecular weight is 367 g/mol. The average Bonchev–Trinajstić information content (AvgIpc) is 3.15.